The second kappa shape index (κ2) is 11.0. The molecule has 3 nitrogen and oxygen atoms in total. The molecule has 1 amide bonds. The van der Waals surface area contributed by atoms with Gasteiger partial charge in [-0.25, -0.2) is 0 Å². The quantitative estimate of drug-likeness (QED) is 0.456. The second-order valence-corrected chi connectivity index (χ2v) is 8.06. The number of carbonyl (C=O) groups is 1. The average molecular weight is 357 g/mol. The van der Waals surface area contributed by atoms with Crippen LogP contribution in [0.5, 0.6) is 0 Å². The van der Waals surface area contributed by atoms with Gasteiger partial charge in [-0.15, -0.1) is 0 Å². The molecule has 0 heterocycles. The molecule has 0 unspecified atom stereocenters. The molecular formula is C23H36N2O. The molecule has 0 spiro atoms. The summed E-state index contributed by atoms with van der Waals surface area (Å²) < 4.78 is 0. The van der Waals surface area contributed by atoms with Gasteiger partial charge >= 0.3 is 0 Å². The number of carbonyl (C=O) groups excluding carboxylic acids is 1. The minimum Gasteiger partial charge on any atom is -0.309 e. The summed E-state index contributed by atoms with van der Waals surface area (Å²) in [4.78, 5) is 15.3. The summed E-state index contributed by atoms with van der Waals surface area (Å²) in [5, 5.41) is 9.27. The highest BCUT2D eigenvalue weighted by atomic mass is 16.2. The Kier molecular flexibility index (Phi) is 9.41. The Hall–Kier alpha value is -1.82. The fraction of sp³-hybridized carbons (Fsp3) is 0.652. The van der Waals surface area contributed by atoms with E-state index in [1.165, 1.54) is 0 Å². The van der Waals surface area contributed by atoms with Crippen molar-refractivity contribution in [1.82, 2.24) is 0 Å². The van der Waals surface area contributed by atoms with Gasteiger partial charge in [0.1, 0.15) is 0 Å². The van der Waals surface area contributed by atoms with Crippen molar-refractivity contribution in [2.45, 2.75) is 92.0 Å². The molecule has 0 aliphatic carbocycles. The van der Waals surface area contributed by atoms with Gasteiger partial charge in [0.25, 0.3) is 0 Å². The summed E-state index contributed by atoms with van der Waals surface area (Å²) in [5.74, 6) is 0.184. The van der Waals surface area contributed by atoms with Crippen molar-refractivity contribution in [3.05, 3.63) is 29.8 Å². The highest BCUT2D eigenvalue weighted by molar-refractivity contribution is 5.94. The number of nitrogens with zero attached hydrogens (tertiary/aromatic N) is 2. The van der Waals surface area contributed by atoms with Crippen molar-refractivity contribution in [1.29, 1.82) is 5.26 Å². The molecule has 0 atom stereocenters. The summed E-state index contributed by atoms with van der Waals surface area (Å²) in [5.41, 5.74) is 1.47. The Morgan fingerprint density at radius 2 is 1.77 bits per heavy atom. The third-order valence-corrected chi connectivity index (χ3v) is 5.26. The Bertz CT molecular complexity index is 592. The largest absolute Gasteiger partial charge is 0.309 e. The smallest absolute Gasteiger partial charge is 0.227 e. The molecule has 0 aliphatic heterocycles. The Morgan fingerprint density at radius 3 is 2.27 bits per heavy atom. The lowest BCUT2D eigenvalue weighted by molar-refractivity contribution is -0.121. The number of nitriles is 1. The molecule has 144 valence electrons. The Morgan fingerprint density at radius 1 is 1.15 bits per heavy atom. The van der Waals surface area contributed by atoms with Gasteiger partial charge in [0.15, 0.2) is 0 Å². The molecule has 0 saturated heterocycles. The van der Waals surface area contributed by atoms with E-state index in [0.29, 0.717) is 12.0 Å². The molecule has 1 aromatic carbocycles. The Labute approximate surface area is 160 Å². The highest BCUT2D eigenvalue weighted by Crippen LogP contribution is 2.30. The van der Waals surface area contributed by atoms with E-state index in [4.69, 9.17) is 0 Å². The number of rotatable bonds is 11. The van der Waals surface area contributed by atoms with E-state index in [1.807, 2.05) is 23.1 Å². The summed E-state index contributed by atoms with van der Waals surface area (Å²) in [6.45, 7) is 10.8. The first kappa shape index (κ1) is 22.2. The fourth-order valence-corrected chi connectivity index (χ4v) is 3.19. The first-order valence-corrected chi connectivity index (χ1v) is 10.2. The van der Waals surface area contributed by atoms with Gasteiger partial charge in [0.05, 0.1) is 11.6 Å². The van der Waals surface area contributed by atoms with Crippen LogP contribution in [0.15, 0.2) is 24.3 Å². The van der Waals surface area contributed by atoms with Crippen LogP contribution in [0.25, 0.3) is 0 Å². The first-order valence-electron chi connectivity index (χ1n) is 10.2. The zero-order valence-corrected chi connectivity index (χ0v) is 17.3. The third kappa shape index (κ3) is 6.83. The van der Waals surface area contributed by atoms with Crippen molar-refractivity contribution in [2.24, 2.45) is 5.41 Å². The zero-order valence-electron chi connectivity index (χ0n) is 17.3. The lowest BCUT2D eigenvalue weighted by atomic mass is 9.85. The highest BCUT2D eigenvalue weighted by Gasteiger charge is 2.29. The van der Waals surface area contributed by atoms with Crippen LogP contribution in [0.2, 0.25) is 0 Å². The maximum atomic E-state index is 13.3. The van der Waals surface area contributed by atoms with E-state index in [-0.39, 0.29) is 17.4 Å². The number of hydrogen-bond acceptors (Lipinski definition) is 2. The molecule has 0 bridgehead atoms. The van der Waals surface area contributed by atoms with Crippen LogP contribution in [0, 0.1) is 16.7 Å². The normalized spacial score (nSPS) is 11.4. The van der Waals surface area contributed by atoms with E-state index in [2.05, 4.69) is 40.7 Å². The van der Waals surface area contributed by atoms with E-state index in [9.17, 15) is 10.1 Å². The predicted octanol–water partition coefficient (Wildman–Crippen LogP) is 6.47. The summed E-state index contributed by atoms with van der Waals surface area (Å²) in [6, 6.07) is 9.94. The molecule has 0 aliphatic rings. The van der Waals surface area contributed by atoms with E-state index < -0.39 is 0 Å². The van der Waals surface area contributed by atoms with Gasteiger partial charge in [0.2, 0.25) is 5.91 Å². The lowest BCUT2D eigenvalue weighted by Gasteiger charge is -2.35. The number of unbranched alkanes of at least 4 members (excludes halogenated alkanes) is 2. The van der Waals surface area contributed by atoms with Gasteiger partial charge in [-0.3, -0.25) is 4.79 Å². The van der Waals surface area contributed by atoms with Crippen LogP contribution in [0.3, 0.4) is 0 Å². The van der Waals surface area contributed by atoms with Crippen molar-refractivity contribution in [3.8, 4) is 6.07 Å². The van der Waals surface area contributed by atoms with Gasteiger partial charge in [0, 0.05) is 18.2 Å². The number of hydrogen-bond donors (Lipinski definition) is 0. The number of amides is 1. The summed E-state index contributed by atoms with van der Waals surface area (Å²) in [7, 11) is 0. The van der Waals surface area contributed by atoms with Crippen molar-refractivity contribution >= 4 is 11.6 Å². The van der Waals surface area contributed by atoms with Crippen LogP contribution in [0.4, 0.5) is 5.69 Å². The SMILES string of the molecule is CCCCC(CCCC)N(C(=O)CC(C)(C)CC)c1cccc(C#N)c1. The fourth-order valence-electron chi connectivity index (χ4n) is 3.19. The number of anilines is 1. The molecule has 0 aromatic heterocycles. The van der Waals surface area contributed by atoms with E-state index >= 15 is 0 Å². The van der Waals surface area contributed by atoms with Crippen LogP contribution >= 0.6 is 0 Å². The van der Waals surface area contributed by atoms with Crippen molar-refractivity contribution in [3.63, 3.8) is 0 Å². The molecule has 0 radical (unpaired) electrons. The van der Waals surface area contributed by atoms with Crippen LogP contribution in [-0.4, -0.2) is 11.9 Å². The second-order valence-electron chi connectivity index (χ2n) is 8.06. The molecule has 1 rings (SSSR count). The van der Waals surface area contributed by atoms with Gasteiger partial charge in [-0.1, -0.05) is 72.8 Å². The summed E-state index contributed by atoms with van der Waals surface area (Å²) >= 11 is 0. The Balaban J connectivity index is 3.24. The molecule has 3 heteroatoms. The van der Waals surface area contributed by atoms with Gasteiger partial charge < -0.3 is 4.90 Å². The maximum Gasteiger partial charge on any atom is 0.227 e. The van der Waals surface area contributed by atoms with Gasteiger partial charge in [-0.2, -0.15) is 5.26 Å². The van der Waals surface area contributed by atoms with Crippen molar-refractivity contribution < 1.29 is 4.79 Å². The third-order valence-electron chi connectivity index (χ3n) is 5.26. The number of benzene rings is 1. The van der Waals surface area contributed by atoms with Crippen LogP contribution in [0.1, 0.15) is 91.5 Å². The van der Waals surface area contributed by atoms with E-state index in [0.717, 1.165) is 50.6 Å². The standard InChI is InChI=1S/C23H36N2O/c1-6-9-13-20(14-10-7-2)25(22(26)17-23(4,5)8-3)21-15-11-12-19(16-21)18-24/h11-12,15-16,20H,6-10,13-14,17H2,1-5H3. The van der Waals surface area contributed by atoms with E-state index in [1.54, 1.807) is 6.07 Å². The van der Waals surface area contributed by atoms with Gasteiger partial charge in [-0.05, 0) is 36.5 Å². The summed E-state index contributed by atoms with van der Waals surface area (Å²) in [6.07, 6.45) is 8.04. The topological polar surface area (TPSA) is 44.1 Å². The molecular weight excluding hydrogens is 320 g/mol. The average Bonchev–Trinajstić information content (AvgIpc) is 2.63. The maximum absolute atomic E-state index is 13.3. The first-order chi connectivity index (χ1) is 12.4. The monoisotopic (exact) mass is 356 g/mol. The molecule has 0 fully saturated rings. The molecule has 0 saturated carbocycles. The molecule has 26 heavy (non-hydrogen) atoms. The minimum absolute atomic E-state index is 0.0117. The molecule has 0 N–H and O–H groups in total. The van der Waals surface area contributed by atoms with Crippen LogP contribution in [-0.2, 0) is 4.79 Å². The predicted molar refractivity (Wildman–Crippen MR) is 110 cm³/mol. The van der Waals surface area contributed by atoms with Crippen molar-refractivity contribution in [2.75, 3.05) is 4.90 Å². The minimum atomic E-state index is -0.0117. The molecule has 1 aromatic rings. The zero-order chi connectivity index (χ0) is 19.6. The lowest BCUT2D eigenvalue weighted by Crippen LogP contribution is -2.42. The van der Waals surface area contributed by atoms with Crippen LogP contribution < -0.4 is 4.90 Å².